The van der Waals surface area contributed by atoms with Gasteiger partial charge < -0.3 is 14.8 Å². The van der Waals surface area contributed by atoms with Crippen molar-refractivity contribution in [3.63, 3.8) is 0 Å². The maximum Gasteiger partial charge on any atom is 0.341 e. The van der Waals surface area contributed by atoms with Gasteiger partial charge >= 0.3 is 5.97 Å². The first-order valence-electron chi connectivity index (χ1n) is 9.93. The third-order valence-electron chi connectivity index (χ3n) is 4.48. The molecule has 0 saturated carbocycles. The van der Waals surface area contributed by atoms with Crippen LogP contribution in [0.5, 0.6) is 5.75 Å². The van der Waals surface area contributed by atoms with E-state index in [9.17, 15) is 14.4 Å². The summed E-state index contributed by atoms with van der Waals surface area (Å²) in [6, 6.07) is 16.1. The first-order chi connectivity index (χ1) is 15.0. The fourth-order valence-electron chi connectivity index (χ4n) is 2.94. The van der Waals surface area contributed by atoms with Gasteiger partial charge in [-0.3, -0.25) is 9.59 Å². The Morgan fingerprint density at radius 1 is 0.968 bits per heavy atom. The van der Waals surface area contributed by atoms with E-state index in [4.69, 9.17) is 9.47 Å². The number of rotatable bonds is 9. The number of esters is 1. The van der Waals surface area contributed by atoms with E-state index < -0.39 is 11.9 Å². The first kappa shape index (κ1) is 22.2. The number of ether oxygens (including phenoxy) is 2. The number of carbonyl (C=O) groups excluding carboxylic acids is 3. The van der Waals surface area contributed by atoms with Crippen LogP contribution in [-0.4, -0.2) is 30.9 Å². The van der Waals surface area contributed by atoms with Crippen molar-refractivity contribution in [1.82, 2.24) is 0 Å². The molecule has 6 nitrogen and oxygen atoms in total. The summed E-state index contributed by atoms with van der Waals surface area (Å²) in [5, 5.41) is 4.98. The third-order valence-corrected chi connectivity index (χ3v) is 5.37. The molecule has 0 spiro atoms. The van der Waals surface area contributed by atoms with Crippen LogP contribution < -0.4 is 10.1 Å². The van der Waals surface area contributed by atoms with Crippen LogP contribution >= 0.6 is 11.3 Å². The van der Waals surface area contributed by atoms with Gasteiger partial charge in [0.25, 0.3) is 5.91 Å². The van der Waals surface area contributed by atoms with Gasteiger partial charge in [0.15, 0.2) is 12.4 Å². The summed E-state index contributed by atoms with van der Waals surface area (Å²) < 4.78 is 10.7. The second kappa shape index (κ2) is 10.5. The number of Topliss-reactive ketones (excluding diaryl/α,β-unsaturated/α-hetero) is 1. The Morgan fingerprint density at radius 3 is 2.32 bits per heavy atom. The fourth-order valence-corrected chi connectivity index (χ4v) is 3.91. The molecule has 160 valence electrons. The zero-order chi connectivity index (χ0) is 22.2. The Bertz CT molecular complexity index is 1060. The zero-order valence-electron chi connectivity index (χ0n) is 17.3. The number of benzene rings is 2. The zero-order valence-corrected chi connectivity index (χ0v) is 18.2. The molecule has 3 aromatic rings. The molecule has 0 bridgehead atoms. The summed E-state index contributed by atoms with van der Waals surface area (Å²) >= 11 is 1.26. The van der Waals surface area contributed by atoms with E-state index in [1.165, 1.54) is 11.3 Å². The first-order valence-corrected chi connectivity index (χ1v) is 10.8. The quantitative estimate of drug-likeness (QED) is 0.367. The standard InChI is InChI=1S/C24H23NO5S/c1-3-20(26)17-10-12-18(13-11-17)30-14-21(27)25-23-22(24(28)29-4-2)19(15-31-23)16-8-6-5-7-9-16/h5-13,15H,3-4,14H2,1-2H3,(H,25,27). The lowest BCUT2D eigenvalue weighted by atomic mass is 10.0. The summed E-state index contributed by atoms with van der Waals surface area (Å²) in [6.45, 7) is 3.53. The smallest absolute Gasteiger partial charge is 0.341 e. The van der Waals surface area contributed by atoms with Gasteiger partial charge in [-0.15, -0.1) is 11.3 Å². The average molecular weight is 438 g/mol. The molecule has 2 aromatic carbocycles. The van der Waals surface area contributed by atoms with Gasteiger partial charge in [0.1, 0.15) is 16.3 Å². The minimum atomic E-state index is -0.491. The van der Waals surface area contributed by atoms with Crippen LogP contribution in [0.2, 0.25) is 0 Å². The SMILES string of the molecule is CCOC(=O)c1c(-c2ccccc2)csc1NC(=O)COc1ccc(C(=O)CC)cc1. The van der Waals surface area contributed by atoms with Gasteiger partial charge in [-0.2, -0.15) is 0 Å². The van der Waals surface area contributed by atoms with Crippen molar-refractivity contribution in [3.05, 3.63) is 71.1 Å². The monoisotopic (exact) mass is 437 g/mol. The van der Waals surface area contributed by atoms with Gasteiger partial charge in [-0.25, -0.2) is 4.79 Å². The number of hydrogen-bond donors (Lipinski definition) is 1. The Hall–Kier alpha value is -3.45. The number of ketones is 1. The molecule has 7 heteroatoms. The summed E-state index contributed by atoms with van der Waals surface area (Å²) in [5.74, 6) is -0.372. The number of hydrogen-bond acceptors (Lipinski definition) is 6. The molecule has 0 unspecified atom stereocenters. The molecule has 0 aliphatic rings. The number of nitrogens with one attached hydrogen (secondary N) is 1. The normalized spacial score (nSPS) is 10.4. The second-order valence-corrected chi connectivity index (χ2v) is 7.46. The van der Waals surface area contributed by atoms with Crippen molar-refractivity contribution in [2.24, 2.45) is 0 Å². The maximum absolute atomic E-state index is 12.6. The van der Waals surface area contributed by atoms with Gasteiger partial charge in [0, 0.05) is 22.9 Å². The Kier molecular flexibility index (Phi) is 7.56. The molecule has 0 fully saturated rings. The number of thiophene rings is 1. The fraction of sp³-hybridized carbons (Fsp3) is 0.208. The predicted molar refractivity (Wildman–Crippen MR) is 121 cm³/mol. The van der Waals surface area contributed by atoms with Crippen LogP contribution in [0.4, 0.5) is 5.00 Å². The van der Waals surface area contributed by atoms with E-state index in [-0.39, 0.29) is 19.0 Å². The predicted octanol–water partition coefficient (Wildman–Crippen LogP) is 5.20. The van der Waals surface area contributed by atoms with E-state index in [1.54, 1.807) is 38.1 Å². The average Bonchev–Trinajstić information content (AvgIpc) is 3.21. The second-order valence-electron chi connectivity index (χ2n) is 6.58. The highest BCUT2D eigenvalue weighted by molar-refractivity contribution is 7.15. The van der Waals surface area contributed by atoms with Crippen molar-refractivity contribution in [2.75, 3.05) is 18.5 Å². The van der Waals surface area contributed by atoms with Crippen molar-refractivity contribution in [2.45, 2.75) is 20.3 Å². The largest absolute Gasteiger partial charge is 0.484 e. The topological polar surface area (TPSA) is 81.7 Å². The van der Waals surface area contributed by atoms with E-state index in [0.29, 0.717) is 33.9 Å². The van der Waals surface area contributed by atoms with Crippen molar-refractivity contribution in [3.8, 4) is 16.9 Å². The highest BCUT2D eigenvalue weighted by Gasteiger charge is 2.22. The van der Waals surface area contributed by atoms with Crippen molar-refractivity contribution >= 4 is 34.0 Å². The van der Waals surface area contributed by atoms with Crippen LogP contribution in [0.1, 0.15) is 41.0 Å². The molecule has 0 saturated heterocycles. The lowest BCUT2D eigenvalue weighted by molar-refractivity contribution is -0.118. The van der Waals surface area contributed by atoms with E-state index in [2.05, 4.69) is 5.32 Å². The number of amides is 1. The van der Waals surface area contributed by atoms with E-state index in [1.807, 2.05) is 35.7 Å². The summed E-state index contributed by atoms with van der Waals surface area (Å²) in [6.07, 6.45) is 0.428. The van der Waals surface area contributed by atoms with E-state index in [0.717, 1.165) is 5.56 Å². The van der Waals surface area contributed by atoms with Gasteiger partial charge in [-0.1, -0.05) is 37.3 Å². The third kappa shape index (κ3) is 5.58. The van der Waals surface area contributed by atoms with Gasteiger partial charge in [0.2, 0.25) is 0 Å². The molecule has 0 radical (unpaired) electrons. The molecule has 0 atom stereocenters. The van der Waals surface area contributed by atoms with E-state index >= 15 is 0 Å². The number of anilines is 1. The number of carbonyl (C=O) groups is 3. The van der Waals surface area contributed by atoms with Gasteiger partial charge in [0.05, 0.1) is 6.61 Å². The molecular formula is C24H23NO5S. The highest BCUT2D eigenvalue weighted by Crippen LogP contribution is 2.36. The lowest BCUT2D eigenvalue weighted by Crippen LogP contribution is -2.21. The minimum absolute atomic E-state index is 0.0442. The van der Waals surface area contributed by atoms with Crippen molar-refractivity contribution < 1.29 is 23.9 Å². The molecule has 1 amide bonds. The van der Waals surface area contributed by atoms with Crippen LogP contribution in [0.25, 0.3) is 11.1 Å². The van der Waals surface area contributed by atoms with Crippen LogP contribution in [0, 0.1) is 0 Å². The Balaban J connectivity index is 1.71. The molecule has 3 rings (SSSR count). The van der Waals surface area contributed by atoms with Crippen LogP contribution in [-0.2, 0) is 9.53 Å². The highest BCUT2D eigenvalue weighted by atomic mass is 32.1. The Morgan fingerprint density at radius 2 is 1.68 bits per heavy atom. The molecule has 1 aromatic heterocycles. The summed E-state index contributed by atoms with van der Waals surface area (Å²) in [7, 11) is 0. The van der Waals surface area contributed by atoms with Crippen molar-refractivity contribution in [1.29, 1.82) is 0 Å². The molecule has 31 heavy (non-hydrogen) atoms. The molecule has 1 heterocycles. The molecule has 1 N–H and O–H groups in total. The lowest BCUT2D eigenvalue weighted by Gasteiger charge is -2.10. The molecular weight excluding hydrogens is 414 g/mol. The van der Waals surface area contributed by atoms with Gasteiger partial charge in [-0.05, 0) is 36.8 Å². The van der Waals surface area contributed by atoms with Crippen LogP contribution in [0.15, 0.2) is 60.0 Å². The Labute approximate surface area is 184 Å². The summed E-state index contributed by atoms with van der Waals surface area (Å²) in [4.78, 5) is 36.7. The summed E-state index contributed by atoms with van der Waals surface area (Å²) in [5.41, 5.74) is 2.50. The maximum atomic E-state index is 12.6. The minimum Gasteiger partial charge on any atom is -0.484 e. The van der Waals surface area contributed by atoms with Crippen LogP contribution in [0.3, 0.4) is 0 Å². The molecule has 0 aliphatic carbocycles. The molecule has 0 aliphatic heterocycles.